The highest BCUT2D eigenvalue weighted by molar-refractivity contribution is 9.11. The topological polar surface area (TPSA) is 49.4 Å². The number of nitrogens with zero attached hydrogens (tertiary/aromatic N) is 1. The van der Waals surface area contributed by atoms with Gasteiger partial charge in [0, 0.05) is 19.5 Å². The van der Waals surface area contributed by atoms with Crippen LogP contribution >= 0.6 is 27.3 Å². The Balaban J connectivity index is 1.77. The van der Waals surface area contributed by atoms with Crippen LogP contribution in [0, 0.1) is 0 Å². The lowest BCUT2D eigenvalue weighted by Crippen LogP contribution is -2.38. The number of carbonyl (C=O) groups is 2. The van der Waals surface area contributed by atoms with E-state index in [2.05, 4.69) is 21.2 Å². The normalized spacial score (nSPS) is 15.7. The summed E-state index contributed by atoms with van der Waals surface area (Å²) in [5.74, 6) is 0.0558. The van der Waals surface area contributed by atoms with Gasteiger partial charge in [0.05, 0.1) is 14.7 Å². The average molecular weight is 393 g/mol. The summed E-state index contributed by atoms with van der Waals surface area (Å²) in [6.45, 7) is 1.28. The Labute approximate surface area is 147 Å². The van der Waals surface area contributed by atoms with Gasteiger partial charge in [0.25, 0.3) is 5.91 Å². The molecule has 0 saturated carbocycles. The first-order chi connectivity index (χ1) is 11.1. The van der Waals surface area contributed by atoms with Gasteiger partial charge in [-0.1, -0.05) is 30.3 Å². The molecular formula is C17H17BrN2O2S. The lowest BCUT2D eigenvalue weighted by atomic mass is 10.1. The number of hydrogen-bond donors (Lipinski definition) is 1. The second-order valence-electron chi connectivity index (χ2n) is 5.48. The molecule has 0 aliphatic carbocycles. The van der Waals surface area contributed by atoms with Crippen LogP contribution < -0.4 is 5.32 Å². The highest BCUT2D eigenvalue weighted by Crippen LogP contribution is 2.24. The van der Waals surface area contributed by atoms with E-state index in [1.165, 1.54) is 11.3 Å². The van der Waals surface area contributed by atoms with Crippen molar-refractivity contribution in [3.63, 3.8) is 0 Å². The molecule has 1 aliphatic rings. The minimum Gasteiger partial charge on any atom is -0.343 e. The number of carbonyl (C=O) groups excluding carboxylic acids is 2. The summed E-state index contributed by atoms with van der Waals surface area (Å²) < 4.78 is 0.925. The van der Waals surface area contributed by atoms with Crippen LogP contribution in [0.2, 0.25) is 0 Å². The Hall–Kier alpha value is -1.66. The molecule has 0 bridgehead atoms. The van der Waals surface area contributed by atoms with Crippen molar-refractivity contribution in [2.75, 3.05) is 13.1 Å². The van der Waals surface area contributed by atoms with Crippen molar-refractivity contribution in [3.8, 4) is 0 Å². The Morgan fingerprint density at radius 1 is 1.26 bits per heavy atom. The van der Waals surface area contributed by atoms with Crippen LogP contribution in [0.5, 0.6) is 0 Å². The van der Waals surface area contributed by atoms with E-state index in [0.29, 0.717) is 17.8 Å². The molecule has 1 aromatic heterocycles. The molecule has 23 heavy (non-hydrogen) atoms. The number of halogens is 1. The molecular weight excluding hydrogens is 376 g/mol. The van der Waals surface area contributed by atoms with Gasteiger partial charge in [-0.3, -0.25) is 9.59 Å². The third-order valence-electron chi connectivity index (χ3n) is 3.88. The van der Waals surface area contributed by atoms with Gasteiger partial charge in [0.15, 0.2) is 0 Å². The predicted octanol–water partition coefficient (Wildman–Crippen LogP) is 3.60. The summed E-state index contributed by atoms with van der Waals surface area (Å²) >= 11 is 4.78. The third kappa shape index (κ3) is 4.00. The molecule has 1 atom stereocenters. The first kappa shape index (κ1) is 16.2. The fourth-order valence-corrected chi connectivity index (χ4v) is 3.99. The predicted molar refractivity (Wildman–Crippen MR) is 94.5 cm³/mol. The number of rotatable bonds is 5. The summed E-state index contributed by atoms with van der Waals surface area (Å²) in [6, 6.07) is 13.3. The number of nitrogens with one attached hydrogen (secondary N) is 1. The summed E-state index contributed by atoms with van der Waals surface area (Å²) in [4.78, 5) is 26.9. The van der Waals surface area contributed by atoms with Crippen molar-refractivity contribution in [1.82, 2.24) is 10.2 Å². The monoisotopic (exact) mass is 392 g/mol. The van der Waals surface area contributed by atoms with Crippen molar-refractivity contribution in [2.24, 2.45) is 0 Å². The van der Waals surface area contributed by atoms with E-state index >= 15 is 0 Å². The zero-order valence-corrected chi connectivity index (χ0v) is 14.9. The molecule has 120 valence electrons. The molecule has 1 unspecified atom stereocenters. The van der Waals surface area contributed by atoms with Gasteiger partial charge in [-0.15, -0.1) is 11.3 Å². The van der Waals surface area contributed by atoms with Crippen LogP contribution in [0.4, 0.5) is 0 Å². The highest BCUT2D eigenvalue weighted by atomic mass is 79.9. The standard InChI is InChI=1S/C17H17BrN2O2S/c18-15-9-8-14(23-15)17(22)19-13(12-5-2-1-3-6-12)11-20-10-4-7-16(20)21/h1-3,5-6,8-9,13H,4,7,10-11H2,(H,19,22). The van der Waals surface area contributed by atoms with E-state index in [4.69, 9.17) is 0 Å². The number of benzene rings is 1. The van der Waals surface area contributed by atoms with E-state index < -0.39 is 0 Å². The maximum absolute atomic E-state index is 12.5. The molecule has 1 fully saturated rings. The molecule has 1 aromatic carbocycles. The summed E-state index contributed by atoms with van der Waals surface area (Å²) in [5.41, 5.74) is 1.01. The summed E-state index contributed by atoms with van der Waals surface area (Å²) in [5, 5.41) is 3.07. The average Bonchev–Trinajstić information content (AvgIpc) is 3.16. The largest absolute Gasteiger partial charge is 0.343 e. The fraction of sp³-hybridized carbons (Fsp3) is 0.294. The molecule has 1 saturated heterocycles. The van der Waals surface area contributed by atoms with Crippen LogP contribution in [-0.2, 0) is 4.79 Å². The van der Waals surface area contributed by atoms with Crippen molar-refractivity contribution >= 4 is 39.1 Å². The Kier molecular flexibility index (Phi) is 5.13. The van der Waals surface area contributed by atoms with Gasteiger partial charge in [0.1, 0.15) is 0 Å². The van der Waals surface area contributed by atoms with Crippen LogP contribution in [0.15, 0.2) is 46.3 Å². The van der Waals surface area contributed by atoms with Crippen LogP contribution in [0.25, 0.3) is 0 Å². The van der Waals surface area contributed by atoms with Crippen LogP contribution in [-0.4, -0.2) is 29.8 Å². The smallest absolute Gasteiger partial charge is 0.261 e. The lowest BCUT2D eigenvalue weighted by Gasteiger charge is -2.25. The molecule has 4 nitrogen and oxygen atoms in total. The molecule has 2 amide bonds. The first-order valence-corrected chi connectivity index (χ1v) is 9.13. The van der Waals surface area contributed by atoms with Crippen molar-refractivity contribution < 1.29 is 9.59 Å². The molecule has 0 spiro atoms. The number of likely N-dealkylation sites (tertiary alicyclic amines) is 1. The van der Waals surface area contributed by atoms with E-state index in [-0.39, 0.29) is 17.9 Å². The SMILES string of the molecule is O=C(NC(CN1CCCC1=O)c1ccccc1)c1ccc(Br)s1. The second-order valence-corrected chi connectivity index (χ2v) is 7.95. The van der Waals surface area contributed by atoms with Gasteiger partial charge >= 0.3 is 0 Å². The number of hydrogen-bond acceptors (Lipinski definition) is 3. The molecule has 1 N–H and O–H groups in total. The lowest BCUT2D eigenvalue weighted by molar-refractivity contribution is -0.128. The maximum atomic E-state index is 12.5. The molecule has 2 aromatic rings. The van der Waals surface area contributed by atoms with Crippen molar-refractivity contribution in [3.05, 3.63) is 56.7 Å². The van der Waals surface area contributed by atoms with Crippen molar-refractivity contribution in [1.29, 1.82) is 0 Å². The van der Waals surface area contributed by atoms with Gasteiger partial charge < -0.3 is 10.2 Å². The summed E-state index contributed by atoms with van der Waals surface area (Å²) in [6.07, 6.45) is 1.50. The van der Waals surface area contributed by atoms with E-state index in [0.717, 1.165) is 22.3 Å². The first-order valence-electron chi connectivity index (χ1n) is 7.52. The summed E-state index contributed by atoms with van der Waals surface area (Å²) in [7, 11) is 0. The molecule has 1 aliphatic heterocycles. The van der Waals surface area contributed by atoms with Gasteiger partial charge in [0.2, 0.25) is 5.91 Å². The molecule has 6 heteroatoms. The molecule has 0 radical (unpaired) electrons. The zero-order chi connectivity index (χ0) is 16.2. The minimum atomic E-state index is -0.202. The van der Waals surface area contributed by atoms with Crippen molar-refractivity contribution in [2.45, 2.75) is 18.9 Å². The Morgan fingerprint density at radius 2 is 2.04 bits per heavy atom. The van der Waals surface area contributed by atoms with Crippen LogP contribution in [0.3, 0.4) is 0 Å². The quantitative estimate of drug-likeness (QED) is 0.844. The van der Waals surface area contributed by atoms with E-state index in [1.807, 2.05) is 41.3 Å². The van der Waals surface area contributed by atoms with Gasteiger partial charge in [-0.25, -0.2) is 0 Å². The van der Waals surface area contributed by atoms with E-state index in [9.17, 15) is 9.59 Å². The number of amides is 2. The second kappa shape index (κ2) is 7.27. The Morgan fingerprint density at radius 3 is 2.65 bits per heavy atom. The molecule has 3 rings (SSSR count). The minimum absolute atomic E-state index is 0.110. The highest BCUT2D eigenvalue weighted by Gasteiger charge is 2.25. The van der Waals surface area contributed by atoms with Gasteiger partial charge in [-0.05, 0) is 40.0 Å². The zero-order valence-electron chi connectivity index (χ0n) is 12.5. The number of thiophene rings is 1. The Bertz CT molecular complexity index is 702. The molecule has 2 heterocycles. The van der Waals surface area contributed by atoms with E-state index in [1.54, 1.807) is 6.07 Å². The fourth-order valence-electron chi connectivity index (χ4n) is 2.70. The maximum Gasteiger partial charge on any atom is 0.261 e. The van der Waals surface area contributed by atoms with Gasteiger partial charge in [-0.2, -0.15) is 0 Å². The third-order valence-corrected chi connectivity index (χ3v) is 5.50. The van der Waals surface area contributed by atoms with Crippen LogP contribution in [0.1, 0.15) is 34.1 Å².